The first-order valence-electron chi connectivity index (χ1n) is 8.56. The molecular weight excluding hydrogens is 316 g/mol. The van der Waals surface area contributed by atoms with E-state index in [1.165, 1.54) is 0 Å². The van der Waals surface area contributed by atoms with Crippen LogP contribution in [0.5, 0.6) is 5.75 Å². The van der Waals surface area contributed by atoms with E-state index in [9.17, 15) is 5.11 Å². The number of rotatable bonds is 4. The maximum atomic E-state index is 9.40. The van der Waals surface area contributed by atoms with E-state index >= 15 is 0 Å². The third-order valence-corrected chi connectivity index (χ3v) is 4.54. The molecule has 3 aromatic rings. The molecule has 0 spiro atoms. The molecular formula is C18H22N6O. The molecule has 1 aromatic carbocycles. The predicted molar refractivity (Wildman–Crippen MR) is 97.8 cm³/mol. The molecule has 4 N–H and O–H groups in total. The molecule has 25 heavy (non-hydrogen) atoms. The highest BCUT2D eigenvalue weighted by Gasteiger charge is 2.19. The second-order valence-electron chi connectivity index (χ2n) is 6.47. The fourth-order valence-electron chi connectivity index (χ4n) is 3.21. The number of hydrogen-bond donors (Lipinski definition) is 3. The Morgan fingerprint density at radius 3 is 2.88 bits per heavy atom. The molecule has 4 rings (SSSR count). The number of nitrogens with two attached hydrogens (primary N) is 1. The molecule has 1 atom stereocenters. The molecule has 130 valence electrons. The van der Waals surface area contributed by atoms with Gasteiger partial charge < -0.3 is 21.1 Å². The second kappa shape index (κ2) is 6.60. The predicted octanol–water partition coefficient (Wildman–Crippen LogP) is 1.97. The number of fused-ring (bicyclic) bond motifs is 1. The van der Waals surface area contributed by atoms with Crippen molar-refractivity contribution in [2.45, 2.75) is 25.4 Å². The molecule has 1 saturated heterocycles. The minimum Gasteiger partial charge on any atom is -0.508 e. The number of aromatic hydroxyl groups is 1. The first-order chi connectivity index (χ1) is 12.2. The molecule has 1 aliphatic heterocycles. The van der Waals surface area contributed by atoms with E-state index in [2.05, 4.69) is 15.3 Å². The summed E-state index contributed by atoms with van der Waals surface area (Å²) < 4.78 is 1.80. The Morgan fingerprint density at radius 1 is 1.24 bits per heavy atom. The average Bonchev–Trinajstić information content (AvgIpc) is 3.09. The van der Waals surface area contributed by atoms with Crippen LogP contribution in [0.15, 0.2) is 42.6 Å². The van der Waals surface area contributed by atoms with Crippen molar-refractivity contribution in [3.05, 3.63) is 48.2 Å². The quantitative estimate of drug-likeness (QED) is 0.674. The number of phenols is 1. The topological polar surface area (TPSA) is 91.7 Å². The summed E-state index contributed by atoms with van der Waals surface area (Å²) in [5.74, 6) is 2.08. The minimum atomic E-state index is 0.199. The average molecular weight is 338 g/mol. The van der Waals surface area contributed by atoms with Gasteiger partial charge in [-0.05, 0) is 30.5 Å². The lowest BCUT2D eigenvalue weighted by atomic mass is 10.1. The number of nitrogens with one attached hydrogen (secondary N) is 1. The van der Waals surface area contributed by atoms with E-state index in [4.69, 9.17) is 10.7 Å². The smallest absolute Gasteiger partial charge is 0.159 e. The van der Waals surface area contributed by atoms with Gasteiger partial charge in [0.25, 0.3) is 0 Å². The molecule has 7 nitrogen and oxygen atoms in total. The van der Waals surface area contributed by atoms with Gasteiger partial charge in [0.05, 0.1) is 6.20 Å². The molecule has 7 heteroatoms. The summed E-state index contributed by atoms with van der Waals surface area (Å²) in [4.78, 5) is 6.96. The number of nitrogens with zero attached hydrogens (tertiary/aromatic N) is 4. The van der Waals surface area contributed by atoms with Crippen LogP contribution in [0, 0.1) is 0 Å². The summed E-state index contributed by atoms with van der Waals surface area (Å²) in [6.07, 6.45) is 3.90. The number of benzene rings is 1. The van der Waals surface area contributed by atoms with E-state index in [1.807, 2.05) is 24.3 Å². The summed E-state index contributed by atoms with van der Waals surface area (Å²) in [6, 6.07) is 11.3. The van der Waals surface area contributed by atoms with E-state index in [0.717, 1.165) is 48.8 Å². The lowest BCUT2D eigenvalue weighted by Gasteiger charge is -2.32. The highest BCUT2D eigenvalue weighted by molar-refractivity contribution is 5.58. The Kier molecular flexibility index (Phi) is 4.15. The van der Waals surface area contributed by atoms with Crippen LogP contribution in [0.4, 0.5) is 11.6 Å². The Labute approximate surface area is 146 Å². The van der Waals surface area contributed by atoms with Crippen LogP contribution in [0.1, 0.15) is 18.4 Å². The molecule has 2 aromatic heterocycles. The van der Waals surface area contributed by atoms with Crippen molar-refractivity contribution in [1.29, 1.82) is 0 Å². The number of aromatic nitrogens is 3. The van der Waals surface area contributed by atoms with Crippen molar-refractivity contribution in [2.24, 2.45) is 5.73 Å². The van der Waals surface area contributed by atoms with Crippen molar-refractivity contribution in [3.63, 3.8) is 0 Å². The fraction of sp³-hybridized carbons (Fsp3) is 0.333. The van der Waals surface area contributed by atoms with Crippen molar-refractivity contribution in [1.82, 2.24) is 14.6 Å². The Bertz CT molecular complexity index is 860. The van der Waals surface area contributed by atoms with Gasteiger partial charge in [-0.3, -0.25) is 0 Å². The zero-order chi connectivity index (χ0) is 17.2. The Balaban J connectivity index is 1.60. The van der Waals surface area contributed by atoms with Gasteiger partial charge in [0.15, 0.2) is 5.65 Å². The van der Waals surface area contributed by atoms with Gasteiger partial charge in [0, 0.05) is 37.8 Å². The van der Waals surface area contributed by atoms with E-state index in [0.29, 0.717) is 6.54 Å². The van der Waals surface area contributed by atoms with Crippen LogP contribution in [0.25, 0.3) is 5.65 Å². The molecule has 1 aliphatic rings. The van der Waals surface area contributed by atoms with Crippen molar-refractivity contribution >= 4 is 17.3 Å². The summed E-state index contributed by atoms with van der Waals surface area (Å²) >= 11 is 0. The van der Waals surface area contributed by atoms with Gasteiger partial charge in [-0.1, -0.05) is 12.1 Å². The molecule has 3 heterocycles. The summed E-state index contributed by atoms with van der Waals surface area (Å²) in [7, 11) is 0. The van der Waals surface area contributed by atoms with Gasteiger partial charge >= 0.3 is 0 Å². The number of piperidine rings is 1. The maximum absolute atomic E-state index is 9.40. The van der Waals surface area contributed by atoms with Gasteiger partial charge in [0.2, 0.25) is 0 Å². The summed E-state index contributed by atoms with van der Waals surface area (Å²) in [5.41, 5.74) is 8.01. The lowest BCUT2D eigenvalue weighted by Crippen LogP contribution is -2.43. The molecule has 0 radical (unpaired) electrons. The minimum absolute atomic E-state index is 0.199. The second-order valence-corrected chi connectivity index (χ2v) is 6.47. The standard InChI is InChI=1S/C18H22N6O/c19-14-2-1-9-23(12-14)18-10-17(24-16(22-18)7-8-21-24)20-11-13-3-5-15(25)6-4-13/h3-8,10,14,20,25H,1-2,9,11-12,19H2/t14-/m1/s1. The largest absolute Gasteiger partial charge is 0.508 e. The highest BCUT2D eigenvalue weighted by atomic mass is 16.3. The van der Waals surface area contributed by atoms with Gasteiger partial charge in [-0.15, -0.1) is 0 Å². The van der Waals surface area contributed by atoms with E-state index < -0.39 is 0 Å². The Morgan fingerprint density at radius 2 is 2.08 bits per heavy atom. The van der Waals surface area contributed by atoms with Crippen molar-refractivity contribution < 1.29 is 5.11 Å². The molecule has 0 bridgehead atoms. The zero-order valence-corrected chi connectivity index (χ0v) is 14.0. The van der Waals surface area contributed by atoms with E-state index in [-0.39, 0.29) is 11.8 Å². The third-order valence-electron chi connectivity index (χ3n) is 4.54. The molecule has 0 saturated carbocycles. The third kappa shape index (κ3) is 3.36. The molecule has 0 amide bonds. The van der Waals surface area contributed by atoms with E-state index in [1.54, 1.807) is 22.8 Å². The summed E-state index contributed by atoms with van der Waals surface area (Å²) in [6.45, 7) is 2.44. The normalized spacial score (nSPS) is 17.8. The van der Waals surface area contributed by atoms with Crippen LogP contribution in [0.3, 0.4) is 0 Å². The van der Waals surface area contributed by atoms with Crippen molar-refractivity contribution in [3.8, 4) is 5.75 Å². The highest BCUT2D eigenvalue weighted by Crippen LogP contribution is 2.23. The Hall–Kier alpha value is -2.80. The summed E-state index contributed by atoms with van der Waals surface area (Å²) in [5, 5.41) is 17.2. The number of phenolic OH excluding ortho intramolecular Hbond substituents is 1. The molecule has 1 fully saturated rings. The molecule has 0 unspecified atom stereocenters. The number of hydrogen-bond acceptors (Lipinski definition) is 6. The molecule has 0 aliphatic carbocycles. The van der Waals surface area contributed by atoms with Gasteiger partial charge in [0.1, 0.15) is 17.4 Å². The maximum Gasteiger partial charge on any atom is 0.159 e. The van der Waals surface area contributed by atoms with Gasteiger partial charge in [-0.2, -0.15) is 9.61 Å². The van der Waals surface area contributed by atoms with Crippen LogP contribution in [0.2, 0.25) is 0 Å². The monoisotopic (exact) mass is 338 g/mol. The van der Waals surface area contributed by atoms with Crippen LogP contribution < -0.4 is 16.0 Å². The zero-order valence-electron chi connectivity index (χ0n) is 14.0. The first-order valence-corrected chi connectivity index (χ1v) is 8.56. The lowest BCUT2D eigenvalue weighted by molar-refractivity contribution is 0.475. The van der Waals surface area contributed by atoms with Crippen LogP contribution in [-0.4, -0.2) is 38.8 Å². The van der Waals surface area contributed by atoms with Crippen LogP contribution >= 0.6 is 0 Å². The fourth-order valence-corrected chi connectivity index (χ4v) is 3.21. The van der Waals surface area contributed by atoms with Crippen molar-refractivity contribution in [2.75, 3.05) is 23.3 Å². The van der Waals surface area contributed by atoms with Gasteiger partial charge in [-0.25, -0.2) is 4.98 Å². The first kappa shape index (κ1) is 15.7. The van der Waals surface area contributed by atoms with Crippen LogP contribution in [-0.2, 0) is 6.54 Å². The SMILES string of the molecule is N[C@@H]1CCCN(c2cc(NCc3ccc(O)cc3)n3nccc3n2)C1. The number of anilines is 2.